The lowest BCUT2D eigenvalue weighted by molar-refractivity contribution is 0.0529. The first-order chi connectivity index (χ1) is 13.8. The number of aliphatic imine (C=N–C) groups is 1. The van der Waals surface area contributed by atoms with Crippen LogP contribution >= 0.6 is 24.0 Å². The van der Waals surface area contributed by atoms with Crippen LogP contribution in [0.3, 0.4) is 0 Å². The van der Waals surface area contributed by atoms with Gasteiger partial charge in [-0.2, -0.15) is 0 Å². The lowest BCUT2D eigenvalue weighted by Crippen LogP contribution is -2.42. The predicted octanol–water partition coefficient (Wildman–Crippen LogP) is 3.13. The lowest BCUT2D eigenvalue weighted by Gasteiger charge is -2.31. The van der Waals surface area contributed by atoms with Crippen LogP contribution in [0.1, 0.15) is 46.1 Å². The van der Waals surface area contributed by atoms with Crippen LogP contribution in [0.15, 0.2) is 23.3 Å². The fourth-order valence-corrected chi connectivity index (χ4v) is 3.01. The number of pyridine rings is 1. The van der Waals surface area contributed by atoms with Crippen LogP contribution in [0.25, 0.3) is 0 Å². The number of aromatic nitrogens is 1. The highest BCUT2D eigenvalue weighted by Crippen LogP contribution is 2.21. The molecule has 0 unspecified atom stereocenters. The molecule has 1 aromatic rings. The Balaban J connectivity index is 0.00000450. The first-order valence-electron chi connectivity index (χ1n) is 10.4. The first-order valence-corrected chi connectivity index (χ1v) is 10.4. The van der Waals surface area contributed by atoms with Gasteiger partial charge in [0.1, 0.15) is 11.4 Å². The molecule has 1 aliphatic heterocycles. The number of piperidine rings is 1. The van der Waals surface area contributed by atoms with Crippen molar-refractivity contribution in [3.63, 3.8) is 0 Å². The van der Waals surface area contributed by atoms with E-state index in [0.717, 1.165) is 30.4 Å². The van der Waals surface area contributed by atoms with Crippen molar-refractivity contribution in [2.45, 2.75) is 52.7 Å². The Hall–Kier alpha value is -1.78. The van der Waals surface area contributed by atoms with Gasteiger partial charge in [0.05, 0.1) is 0 Å². The summed E-state index contributed by atoms with van der Waals surface area (Å²) in [5, 5.41) is 9.13. The molecule has 0 saturated carbocycles. The maximum Gasteiger partial charge on any atom is 0.407 e. The molecule has 1 saturated heterocycles. The average molecular weight is 532 g/mol. The Morgan fingerprint density at radius 3 is 2.43 bits per heavy atom. The van der Waals surface area contributed by atoms with Crippen LogP contribution < -0.4 is 20.9 Å². The molecule has 0 bridgehead atoms. The molecule has 0 atom stereocenters. The molecule has 9 heteroatoms. The number of nitrogens with zero attached hydrogens (tertiary/aromatic N) is 3. The average Bonchev–Trinajstić information content (AvgIpc) is 2.67. The van der Waals surface area contributed by atoms with Crippen molar-refractivity contribution < 1.29 is 9.53 Å². The summed E-state index contributed by atoms with van der Waals surface area (Å²) in [7, 11) is 1.72. The van der Waals surface area contributed by atoms with Crippen molar-refractivity contribution in [3.05, 3.63) is 23.9 Å². The highest BCUT2D eigenvalue weighted by atomic mass is 127. The van der Waals surface area contributed by atoms with Crippen molar-refractivity contribution in [3.8, 4) is 0 Å². The third-order valence-electron chi connectivity index (χ3n) is 4.69. The molecule has 1 aliphatic rings. The van der Waals surface area contributed by atoms with Crippen molar-refractivity contribution >= 4 is 41.8 Å². The Morgan fingerprint density at radius 2 is 1.87 bits per heavy atom. The summed E-state index contributed by atoms with van der Waals surface area (Å²) in [6.07, 6.45) is 3.96. The fourth-order valence-electron chi connectivity index (χ4n) is 3.01. The van der Waals surface area contributed by atoms with Crippen LogP contribution in [0, 0.1) is 5.92 Å². The van der Waals surface area contributed by atoms with E-state index < -0.39 is 11.7 Å². The number of carbonyl (C=O) groups excluding carboxylic acids is 1. The van der Waals surface area contributed by atoms with Gasteiger partial charge >= 0.3 is 6.09 Å². The second-order valence-corrected chi connectivity index (χ2v) is 8.48. The molecule has 3 N–H and O–H groups in total. The molecule has 1 fully saturated rings. The number of anilines is 1. The summed E-state index contributed by atoms with van der Waals surface area (Å²) in [5.74, 6) is 2.54. The molecule has 170 valence electrons. The number of nitrogens with one attached hydrogen (secondary N) is 3. The Morgan fingerprint density at radius 1 is 1.20 bits per heavy atom. The first kappa shape index (κ1) is 26.3. The molecule has 30 heavy (non-hydrogen) atoms. The monoisotopic (exact) mass is 532 g/mol. The summed E-state index contributed by atoms with van der Waals surface area (Å²) < 4.78 is 5.20. The van der Waals surface area contributed by atoms with E-state index in [1.807, 2.05) is 27.0 Å². The van der Waals surface area contributed by atoms with E-state index in [-0.39, 0.29) is 24.0 Å². The van der Waals surface area contributed by atoms with Crippen LogP contribution in [-0.2, 0) is 11.3 Å². The Kier molecular flexibility index (Phi) is 11.2. The lowest BCUT2D eigenvalue weighted by atomic mass is 9.99. The van der Waals surface area contributed by atoms with Gasteiger partial charge in [-0.3, -0.25) is 4.99 Å². The molecule has 1 amide bonds. The minimum atomic E-state index is -0.495. The third-order valence-corrected chi connectivity index (χ3v) is 4.69. The summed E-state index contributed by atoms with van der Waals surface area (Å²) in [6.45, 7) is 11.6. The normalized spacial score (nSPS) is 15.2. The topological polar surface area (TPSA) is 90.9 Å². The number of carbonyl (C=O) groups is 1. The molecular formula is C21H37IN6O2. The standard InChI is InChI=1S/C21H36N6O2.HI/c1-16-8-12-27(13-9-16)18-7-6-17(14-25-18)15-26-19(22-5)23-10-11-24-20(28)29-21(2,3)4;/h6-7,14,16H,8-13,15H2,1-5H3,(H,24,28)(H2,22,23,26);1H. The number of guanidine groups is 1. The smallest absolute Gasteiger partial charge is 0.407 e. The summed E-state index contributed by atoms with van der Waals surface area (Å²) in [4.78, 5) is 22.8. The predicted molar refractivity (Wildman–Crippen MR) is 133 cm³/mol. The van der Waals surface area contributed by atoms with Gasteiger partial charge in [0, 0.05) is 46.0 Å². The largest absolute Gasteiger partial charge is 0.444 e. The molecule has 8 nitrogen and oxygen atoms in total. The zero-order valence-electron chi connectivity index (χ0n) is 18.8. The SMILES string of the molecule is CN=C(NCCNC(=O)OC(C)(C)C)NCc1ccc(N2CCC(C)CC2)nc1.I. The number of amides is 1. The number of rotatable bonds is 6. The van der Waals surface area contributed by atoms with Crippen molar-refractivity contribution in [1.82, 2.24) is 20.9 Å². The highest BCUT2D eigenvalue weighted by molar-refractivity contribution is 14.0. The minimum Gasteiger partial charge on any atom is -0.444 e. The van der Waals surface area contributed by atoms with Gasteiger partial charge in [-0.1, -0.05) is 13.0 Å². The van der Waals surface area contributed by atoms with E-state index in [9.17, 15) is 4.79 Å². The molecule has 0 radical (unpaired) electrons. The van der Waals surface area contributed by atoms with Crippen LogP contribution in [0.2, 0.25) is 0 Å². The van der Waals surface area contributed by atoms with E-state index >= 15 is 0 Å². The van der Waals surface area contributed by atoms with E-state index in [4.69, 9.17) is 4.74 Å². The number of alkyl carbamates (subject to hydrolysis) is 1. The maximum atomic E-state index is 11.6. The molecule has 2 rings (SSSR count). The molecule has 0 aliphatic carbocycles. The number of hydrogen-bond acceptors (Lipinski definition) is 5. The van der Waals surface area contributed by atoms with Crippen LogP contribution in [0.5, 0.6) is 0 Å². The van der Waals surface area contributed by atoms with Gasteiger partial charge in [-0.05, 0) is 51.2 Å². The zero-order valence-corrected chi connectivity index (χ0v) is 21.2. The molecule has 0 aromatic carbocycles. The fraction of sp³-hybridized carbons (Fsp3) is 0.667. The van der Waals surface area contributed by atoms with Gasteiger partial charge in [-0.15, -0.1) is 24.0 Å². The van der Waals surface area contributed by atoms with E-state index in [1.165, 1.54) is 12.8 Å². The second kappa shape index (κ2) is 12.8. The number of hydrogen-bond donors (Lipinski definition) is 3. The van der Waals surface area contributed by atoms with Gasteiger partial charge in [0.15, 0.2) is 5.96 Å². The van der Waals surface area contributed by atoms with Crippen molar-refractivity contribution in [2.75, 3.05) is 38.1 Å². The summed E-state index contributed by atoms with van der Waals surface area (Å²) in [6, 6.07) is 4.19. The number of ether oxygens (including phenoxy) is 1. The molecule has 0 spiro atoms. The van der Waals surface area contributed by atoms with E-state index in [1.54, 1.807) is 7.05 Å². The van der Waals surface area contributed by atoms with Crippen LogP contribution in [0.4, 0.5) is 10.6 Å². The van der Waals surface area contributed by atoms with Gasteiger partial charge in [0.25, 0.3) is 0 Å². The van der Waals surface area contributed by atoms with Gasteiger partial charge in [0.2, 0.25) is 0 Å². The van der Waals surface area contributed by atoms with Gasteiger partial charge < -0.3 is 25.6 Å². The number of halogens is 1. The van der Waals surface area contributed by atoms with Gasteiger partial charge in [-0.25, -0.2) is 9.78 Å². The van der Waals surface area contributed by atoms with E-state index in [2.05, 4.69) is 49.9 Å². The third kappa shape index (κ3) is 9.82. The summed E-state index contributed by atoms with van der Waals surface area (Å²) >= 11 is 0. The van der Waals surface area contributed by atoms with Crippen molar-refractivity contribution in [1.29, 1.82) is 0 Å². The second-order valence-electron chi connectivity index (χ2n) is 8.48. The molecule has 1 aromatic heterocycles. The van der Waals surface area contributed by atoms with Crippen molar-refractivity contribution in [2.24, 2.45) is 10.9 Å². The highest BCUT2D eigenvalue weighted by Gasteiger charge is 2.17. The molecule has 2 heterocycles. The maximum absolute atomic E-state index is 11.6. The summed E-state index contributed by atoms with van der Waals surface area (Å²) in [5.41, 5.74) is 0.597. The Labute approximate surface area is 197 Å². The zero-order chi connectivity index (χ0) is 21.3. The molecular weight excluding hydrogens is 495 g/mol. The van der Waals surface area contributed by atoms with Crippen LogP contribution in [-0.4, -0.2) is 55.9 Å². The van der Waals surface area contributed by atoms with E-state index in [0.29, 0.717) is 25.6 Å². The minimum absolute atomic E-state index is 0. The Bertz CT molecular complexity index is 667. The quantitative estimate of drug-likeness (QED) is 0.226.